The fraction of sp³-hybridized carbons (Fsp3) is 0.0455. The average molecular weight is 553 g/mol. The van der Waals surface area contributed by atoms with Gasteiger partial charge in [0.2, 0.25) is 11.8 Å². The van der Waals surface area contributed by atoms with Gasteiger partial charge >= 0.3 is 0 Å². The molecule has 4 aromatic heterocycles. The normalized spacial score (nSPS) is 11.7. The lowest BCUT2D eigenvalue weighted by atomic mass is 10.0. The number of anilines is 1. The van der Waals surface area contributed by atoms with Crippen molar-refractivity contribution in [3.63, 3.8) is 0 Å². The van der Waals surface area contributed by atoms with Crippen LogP contribution in [0.1, 0.15) is 0 Å². The highest BCUT2D eigenvalue weighted by molar-refractivity contribution is 7.92. The number of benzene rings is 1. The van der Waals surface area contributed by atoms with Gasteiger partial charge < -0.3 is 9.72 Å². The van der Waals surface area contributed by atoms with Crippen molar-refractivity contribution < 1.29 is 30.7 Å². The molecular weight excluding hydrogens is 540 g/mol. The molecule has 9 nitrogen and oxygen atoms in total. The van der Waals surface area contributed by atoms with Crippen molar-refractivity contribution in [2.45, 2.75) is 4.90 Å². The second-order valence-electron chi connectivity index (χ2n) is 7.52. The number of nitrogens with zero attached hydrogens (tertiary/aromatic N) is 4. The maximum Gasteiger partial charge on any atom is 0.267 e. The van der Waals surface area contributed by atoms with Crippen molar-refractivity contribution in [3.05, 3.63) is 77.6 Å². The Morgan fingerprint density at radius 2 is 1.84 bits per heavy atom. The van der Waals surface area contributed by atoms with Gasteiger partial charge in [0.05, 0.1) is 36.3 Å². The van der Waals surface area contributed by atoms with E-state index in [9.17, 15) is 17.2 Å². The molecule has 0 fully saturated rings. The lowest BCUT2D eigenvalue weighted by molar-refractivity contribution is 0.382. The molecule has 0 aliphatic carbocycles. The van der Waals surface area contributed by atoms with Gasteiger partial charge in [-0.3, -0.25) is 9.12 Å². The third-order valence-electron chi connectivity index (χ3n) is 5.29. The summed E-state index contributed by atoms with van der Waals surface area (Å²) in [4.78, 5) is 13.7. The van der Waals surface area contributed by atoms with Gasteiger partial charge in [0.15, 0.2) is 16.5 Å². The minimum Gasteiger partial charge on any atom is -0.480 e. The minimum absolute atomic E-state index is 0.218. The van der Waals surface area contributed by atoms with Crippen LogP contribution >= 0.6 is 11.6 Å². The summed E-state index contributed by atoms with van der Waals surface area (Å²) in [5.41, 5.74) is -1.64. The third-order valence-corrected chi connectivity index (χ3v) is 6.84. The first-order chi connectivity index (χ1) is 17.6. The maximum atomic E-state index is 15.5. The van der Waals surface area contributed by atoms with E-state index in [-0.39, 0.29) is 22.2 Å². The zero-order chi connectivity index (χ0) is 26.5. The van der Waals surface area contributed by atoms with Crippen LogP contribution in [0, 0.1) is 23.4 Å². The number of ether oxygens (including phenoxy) is 1. The molecule has 5 rings (SSSR count). The lowest BCUT2D eigenvalue weighted by Crippen LogP contribution is -2.16. The smallest absolute Gasteiger partial charge is 0.267 e. The summed E-state index contributed by atoms with van der Waals surface area (Å²) in [6.07, 6.45) is 3.15. The van der Waals surface area contributed by atoms with E-state index in [1.54, 1.807) is 0 Å². The molecule has 190 valence electrons. The topological polar surface area (TPSA) is 114 Å². The van der Waals surface area contributed by atoms with E-state index in [1.165, 1.54) is 12.3 Å². The number of nitrogens with one attached hydrogen (secondary N) is 2. The summed E-state index contributed by atoms with van der Waals surface area (Å²) in [6.45, 7) is 0. The Bertz CT molecular complexity index is 1790. The van der Waals surface area contributed by atoms with E-state index in [0.29, 0.717) is 6.07 Å². The first-order valence-corrected chi connectivity index (χ1v) is 12.0. The number of fused-ring (bicyclic) bond motifs is 1. The van der Waals surface area contributed by atoms with Crippen LogP contribution in [0.15, 0.2) is 53.9 Å². The van der Waals surface area contributed by atoms with Gasteiger partial charge in [-0.2, -0.15) is 4.39 Å². The van der Waals surface area contributed by atoms with Crippen molar-refractivity contribution >= 4 is 32.8 Å². The molecule has 0 bridgehead atoms. The monoisotopic (exact) mass is 552 g/mol. The number of methoxy groups -OCH3 is 1. The highest BCUT2D eigenvalue weighted by atomic mass is 35.5. The summed E-state index contributed by atoms with van der Waals surface area (Å²) < 4.78 is 92.7. The fourth-order valence-electron chi connectivity index (χ4n) is 3.65. The molecular formula is C22H13ClF4N6O3S. The molecule has 37 heavy (non-hydrogen) atoms. The van der Waals surface area contributed by atoms with E-state index < -0.39 is 61.0 Å². The highest BCUT2D eigenvalue weighted by Crippen LogP contribution is 2.35. The summed E-state index contributed by atoms with van der Waals surface area (Å²) in [7, 11) is -3.55. The first kappa shape index (κ1) is 24.5. The van der Waals surface area contributed by atoms with E-state index in [1.807, 2.05) is 4.72 Å². The summed E-state index contributed by atoms with van der Waals surface area (Å²) >= 11 is 5.84. The SMILES string of the molecule is COc1ncc(F)cc1S(=O)(=O)Nc1ccc(F)c(-c2ccc3c(-c4ncc(Cl)[nH]4)ncn3c2F)c1F. The van der Waals surface area contributed by atoms with Crippen LogP contribution in [-0.2, 0) is 10.0 Å². The molecule has 0 amide bonds. The van der Waals surface area contributed by atoms with Crippen LogP contribution in [0.4, 0.5) is 23.2 Å². The highest BCUT2D eigenvalue weighted by Gasteiger charge is 2.27. The molecule has 0 aliphatic rings. The van der Waals surface area contributed by atoms with E-state index in [4.69, 9.17) is 16.3 Å². The van der Waals surface area contributed by atoms with E-state index >= 15 is 8.78 Å². The van der Waals surface area contributed by atoms with Gasteiger partial charge in [0, 0.05) is 11.6 Å². The molecule has 0 spiro atoms. The number of hydrogen-bond donors (Lipinski definition) is 2. The molecule has 0 saturated carbocycles. The van der Waals surface area contributed by atoms with Crippen molar-refractivity contribution in [1.82, 2.24) is 24.3 Å². The van der Waals surface area contributed by atoms with Crippen LogP contribution in [0.2, 0.25) is 5.15 Å². The standard InChI is InChI=1S/C22H13ClF4N6O3S/c1-36-22-15(6-10(24)7-29-22)37(34,35)32-13-4-3-12(25)17(18(13)26)11-2-5-14-19(21-28-8-16(23)31-21)30-9-33(14)20(11)27/h2-9,32H,1H3,(H,28,31). The van der Waals surface area contributed by atoms with Crippen LogP contribution < -0.4 is 9.46 Å². The number of halogens is 5. The number of imidazole rings is 2. The quantitative estimate of drug-likeness (QED) is 0.231. The van der Waals surface area contributed by atoms with Gasteiger partial charge in [-0.05, 0) is 24.3 Å². The zero-order valence-corrected chi connectivity index (χ0v) is 20.0. The van der Waals surface area contributed by atoms with Gasteiger partial charge in [0.25, 0.3) is 10.0 Å². The lowest BCUT2D eigenvalue weighted by Gasteiger charge is -2.14. The number of pyridine rings is 2. The zero-order valence-electron chi connectivity index (χ0n) is 18.4. The Hall–Kier alpha value is -4.17. The Kier molecular flexibility index (Phi) is 6.00. The Morgan fingerprint density at radius 3 is 2.54 bits per heavy atom. The van der Waals surface area contributed by atoms with Gasteiger partial charge in [0.1, 0.15) is 28.8 Å². The predicted octanol–water partition coefficient (Wildman–Crippen LogP) is 4.81. The van der Waals surface area contributed by atoms with Crippen molar-refractivity contribution in [1.29, 1.82) is 0 Å². The number of rotatable bonds is 6. The summed E-state index contributed by atoms with van der Waals surface area (Å²) in [5, 5.41) is 0.225. The maximum absolute atomic E-state index is 15.5. The fourth-order valence-corrected chi connectivity index (χ4v) is 4.98. The van der Waals surface area contributed by atoms with E-state index in [2.05, 4.69) is 19.9 Å². The van der Waals surface area contributed by atoms with E-state index in [0.717, 1.165) is 42.2 Å². The summed E-state index contributed by atoms with van der Waals surface area (Å²) in [6, 6.07) is 4.64. The van der Waals surface area contributed by atoms with Crippen molar-refractivity contribution in [3.8, 4) is 28.5 Å². The molecule has 0 unspecified atom stereocenters. The molecule has 0 saturated heterocycles. The minimum atomic E-state index is -4.65. The third kappa shape index (κ3) is 4.23. The predicted molar refractivity (Wildman–Crippen MR) is 125 cm³/mol. The van der Waals surface area contributed by atoms with Crippen molar-refractivity contribution in [2.75, 3.05) is 11.8 Å². The molecule has 0 atom stereocenters. The molecule has 0 radical (unpaired) electrons. The van der Waals surface area contributed by atoms with Crippen LogP contribution in [-0.4, -0.2) is 39.9 Å². The van der Waals surface area contributed by atoms with Gasteiger partial charge in [-0.25, -0.2) is 36.5 Å². The number of aromatic nitrogens is 5. The van der Waals surface area contributed by atoms with Crippen LogP contribution in [0.3, 0.4) is 0 Å². The Morgan fingerprint density at radius 1 is 1.05 bits per heavy atom. The molecule has 4 heterocycles. The second-order valence-corrected chi connectivity index (χ2v) is 9.57. The Labute approximate surface area is 210 Å². The number of H-pyrrole nitrogens is 1. The number of aromatic amines is 1. The molecule has 15 heteroatoms. The van der Waals surface area contributed by atoms with Crippen LogP contribution in [0.25, 0.3) is 28.2 Å². The molecule has 2 N–H and O–H groups in total. The van der Waals surface area contributed by atoms with Crippen LogP contribution in [0.5, 0.6) is 5.88 Å². The molecule has 5 aromatic rings. The summed E-state index contributed by atoms with van der Waals surface area (Å²) in [5.74, 6) is -4.86. The van der Waals surface area contributed by atoms with Crippen molar-refractivity contribution in [2.24, 2.45) is 0 Å². The Balaban J connectivity index is 1.59. The number of sulfonamides is 1. The molecule has 1 aromatic carbocycles. The van der Waals surface area contributed by atoms with Gasteiger partial charge in [-0.15, -0.1) is 0 Å². The average Bonchev–Trinajstić information content (AvgIpc) is 3.48. The van der Waals surface area contributed by atoms with Gasteiger partial charge in [-0.1, -0.05) is 11.6 Å². The second kappa shape index (κ2) is 9.05. The molecule has 0 aliphatic heterocycles. The number of hydrogen-bond acceptors (Lipinski definition) is 6. The first-order valence-electron chi connectivity index (χ1n) is 10.2. The largest absolute Gasteiger partial charge is 0.480 e.